The van der Waals surface area contributed by atoms with E-state index >= 15 is 0 Å². The van der Waals surface area contributed by atoms with E-state index in [1.165, 1.54) is 23.6 Å². The van der Waals surface area contributed by atoms with Crippen molar-refractivity contribution in [2.45, 2.75) is 77.8 Å². The Labute approximate surface area is 158 Å². The van der Waals surface area contributed by atoms with Crippen LogP contribution in [0.25, 0.3) is 0 Å². The molecule has 0 unspecified atom stereocenters. The summed E-state index contributed by atoms with van der Waals surface area (Å²) >= 11 is 0. The molecule has 1 saturated carbocycles. The second-order valence-electron chi connectivity index (χ2n) is 7.58. The largest absolute Gasteiger partial charge is 0.352 e. The summed E-state index contributed by atoms with van der Waals surface area (Å²) in [6.07, 6.45) is 9.03. The summed E-state index contributed by atoms with van der Waals surface area (Å²) in [5.74, 6) is -0.220. The molecule has 1 aliphatic carbocycles. The van der Waals surface area contributed by atoms with Gasteiger partial charge in [-0.25, -0.2) is 8.42 Å². The van der Waals surface area contributed by atoms with E-state index in [1.807, 2.05) is 32.0 Å². The highest BCUT2D eigenvalue weighted by Crippen LogP contribution is 2.26. The zero-order valence-electron chi connectivity index (χ0n) is 16.4. The van der Waals surface area contributed by atoms with Gasteiger partial charge >= 0.3 is 0 Å². The summed E-state index contributed by atoms with van der Waals surface area (Å²) in [5.41, 5.74) is 2.38. The minimum atomic E-state index is -3.58. The average Bonchev–Trinajstić information content (AvgIpc) is 2.52. The smallest absolute Gasteiger partial charge is 0.243 e. The van der Waals surface area contributed by atoms with E-state index in [9.17, 15) is 13.2 Å². The predicted octanol–water partition coefficient (Wildman–Crippen LogP) is 3.69. The Morgan fingerprint density at radius 2 is 1.69 bits per heavy atom. The molecular weight excluding hydrogens is 348 g/mol. The fourth-order valence-corrected chi connectivity index (χ4v) is 4.88. The molecular formula is C20H32N2O3S. The number of hydrogen-bond acceptors (Lipinski definition) is 3. The van der Waals surface area contributed by atoms with Gasteiger partial charge in [-0.1, -0.05) is 44.2 Å². The van der Waals surface area contributed by atoms with Gasteiger partial charge in [0, 0.05) is 6.04 Å². The van der Waals surface area contributed by atoms with Crippen LogP contribution < -0.4 is 9.62 Å². The van der Waals surface area contributed by atoms with Crippen molar-refractivity contribution in [3.8, 4) is 0 Å². The first kappa shape index (κ1) is 20.7. The van der Waals surface area contributed by atoms with E-state index in [4.69, 9.17) is 0 Å². The Balaban J connectivity index is 2.22. The molecule has 6 heteroatoms. The maximum atomic E-state index is 12.8. The van der Waals surface area contributed by atoms with E-state index in [0.717, 1.165) is 43.1 Å². The predicted molar refractivity (Wildman–Crippen MR) is 107 cm³/mol. The summed E-state index contributed by atoms with van der Waals surface area (Å²) in [6.45, 7) is 5.45. The molecule has 0 aromatic heterocycles. The molecule has 0 radical (unpaired) electrons. The quantitative estimate of drug-likeness (QED) is 0.847. The number of carbonyl (C=O) groups excluding carboxylic acids is 1. The number of nitrogens with zero attached hydrogens (tertiary/aromatic N) is 1. The maximum Gasteiger partial charge on any atom is 0.243 e. The van der Waals surface area contributed by atoms with Crippen LogP contribution >= 0.6 is 0 Å². The highest BCUT2D eigenvalue weighted by molar-refractivity contribution is 7.92. The number of benzene rings is 1. The van der Waals surface area contributed by atoms with Crippen LogP contribution in [0, 0.1) is 13.8 Å². The van der Waals surface area contributed by atoms with Crippen molar-refractivity contribution in [1.29, 1.82) is 0 Å². The molecule has 1 atom stereocenters. The minimum Gasteiger partial charge on any atom is -0.352 e. The lowest BCUT2D eigenvalue weighted by Gasteiger charge is -2.31. The first-order valence-corrected chi connectivity index (χ1v) is 11.4. The molecule has 1 aliphatic rings. The van der Waals surface area contributed by atoms with Gasteiger partial charge in [-0.15, -0.1) is 0 Å². The van der Waals surface area contributed by atoms with Gasteiger partial charge < -0.3 is 5.32 Å². The van der Waals surface area contributed by atoms with Gasteiger partial charge in [0.1, 0.15) is 6.04 Å². The van der Waals surface area contributed by atoms with Crippen LogP contribution in [0.4, 0.5) is 5.69 Å². The SMILES string of the molecule is Cc1ccc(C)c(N([C@@H](C)C(=O)NC2CCCCCCC2)S(C)(=O)=O)c1. The van der Waals surface area contributed by atoms with Crippen molar-refractivity contribution in [3.05, 3.63) is 29.3 Å². The van der Waals surface area contributed by atoms with E-state index in [2.05, 4.69) is 5.32 Å². The Morgan fingerprint density at radius 1 is 1.12 bits per heavy atom. The monoisotopic (exact) mass is 380 g/mol. The number of aryl methyl sites for hydroxylation is 2. The fraction of sp³-hybridized carbons (Fsp3) is 0.650. The molecule has 0 bridgehead atoms. The normalized spacial score (nSPS) is 17.8. The van der Waals surface area contributed by atoms with Gasteiger partial charge in [0.15, 0.2) is 0 Å². The summed E-state index contributed by atoms with van der Waals surface area (Å²) in [5, 5.41) is 3.10. The van der Waals surface area contributed by atoms with Crippen LogP contribution in [-0.4, -0.2) is 32.7 Å². The molecule has 1 aromatic rings. The number of anilines is 1. The highest BCUT2D eigenvalue weighted by atomic mass is 32.2. The Morgan fingerprint density at radius 3 is 2.27 bits per heavy atom. The molecule has 0 spiro atoms. The van der Waals surface area contributed by atoms with Crippen molar-refractivity contribution >= 4 is 21.6 Å². The lowest BCUT2D eigenvalue weighted by Crippen LogP contribution is -2.50. The number of sulfonamides is 1. The number of carbonyl (C=O) groups is 1. The Hall–Kier alpha value is -1.56. The molecule has 1 fully saturated rings. The number of rotatable bonds is 5. The van der Waals surface area contributed by atoms with Crippen molar-refractivity contribution in [3.63, 3.8) is 0 Å². The minimum absolute atomic E-state index is 0.144. The molecule has 5 nitrogen and oxygen atoms in total. The second-order valence-corrected chi connectivity index (χ2v) is 9.43. The molecule has 1 amide bonds. The third-order valence-electron chi connectivity index (χ3n) is 5.14. The third-order valence-corrected chi connectivity index (χ3v) is 6.37. The first-order valence-electron chi connectivity index (χ1n) is 9.57. The second kappa shape index (κ2) is 8.89. The van der Waals surface area contributed by atoms with E-state index in [1.54, 1.807) is 6.92 Å². The van der Waals surface area contributed by atoms with E-state index in [0.29, 0.717) is 5.69 Å². The summed E-state index contributed by atoms with van der Waals surface area (Å²) in [6, 6.07) is 5.03. The third kappa shape index (κ3) is 5.47. The lowest BCUT2D eigenvalue weighted by molar-refractivity contribution is -0.122. The topological polar surface area (TPSA) is 66.5 Å². The maximum absolute atomic E-state index is 12.8. The van der Waals surface area contributed by atoms with Gasteiger partial charge in [-0.3, -0.25) is 9.10 Å². The van der Waals surface area contributed by atoms with Crippen molar-refractivity contribution in [2.24, 2.45) is 0 Å². The molecule has 146 valence electrons. The van der Waals surface area contributed by atoms with Crippen LogP contribution in [0.3, 0.4) is 0 Å². The van der Waals surface area contributed by atoms with Crippen LogP contribution in [0.2, 0.25) is 0 Å². The van der Waals surface area contributed by atoms with Gasteiger partial charge in [0.05, 0.1) is 11.9 Å². The standard InChI is InChI=1S/C20H32N2O3S/c1-15-12-13-16(2)19(14-15)22(26(4,24)25)17(3)20(23)21-18-10-8-6-5-7-9-11-18/h12-14,17-18H,5-11H2,1-4H3,(H,21,23)/t17-/m0/s1. The molecule has 0 heterocycles. The fourth-order valence-electron chi connectivity index (χ4n) is 3.66. The van der Waals surface area contributed by atoms with E-state index in [-0.39, 0.29) is 11.9 Å². The van der Waals surface area contributed by atoms with Gasteiger partial charge in [0.25, 0.3) is 0 Å². The van der Waals surface area contributed by atoms with Crippen LogP contribution in [0.5, 0.6) is 0 Å². The molecule has 0 saturated heterocycles. The molecule has 26 heavy (non-hydrogen) atoms. The van der Waals surface area contributed by atoms with Crippen LogP contribution in [0.15, 0.2) is 18.2 Å². The first-order chi connectivity index (χ1) is 12.2. The van der Waals surface area contributed by atoms with Crippen LogP contribution in [0.1, 0.15) is 63.0 Å². The zero-order chi connectivity index (χ0) is 19.3. The molecule has 2 rings (SSSR count). The van der Waals surface area contributed by atoms with Gasteiger partial charge in [-0.2, -0.15) is 0 Å². The van der Waals surface area contributed by atoms with Crippen LogP contribution in [-0.2, 0) is 14.8 Å². The number of amides is 1. The zero-order valence-corrected chi connectivity index (χ0v) is 17.2. The molecule has 1 N–H and O–H groups in total. The summed E-state index contributed by atoms with van der Waals surface area (Å²) in [7, 11) is -3.58. The molecule has 1 aromatic carbocycles. The average molecular weight is 381 g/mol. The lowest BCUT2D eigenvalue weighted by atomic mass is 9.96. The Kier molecular flexibility index (Phi) is 7.09. The summed E-state index contributed by atoms with van der Waals surface area (Å²) < 4.78 is 26.2. The van der Waals surface area contributed by atoms with E-state index < -0.39 is 16.1 Å². The molecule has 0 aliphatic heterocycles. The van der Waals surface area contributed by atoms with Gasteiger partial charge in [-0.05, 0) is 50.8 Å². The van der Waals surface area contributed by atoms with Crippen molar-refractivity contribution in [2.75, 3.05) is 10.6 Å². The van der Waals surface area contributed by atoms with Crippen molar-refractivity contribution in [1.82, 2.24) is 5.32 Å². The summed E-state index contributed by atoms with van der Waals surface area (Å²) in [4.78, 5) is 12.8. The number of nitrogens with one attached hydrogen (secondary N) is 1. The highest BCUT2D eigenvalue weighted by Gasteiger charge is 2.31. The van der Waals surface area contributed by atoms with Crippen molar-refractivity contribution < 1.29 is 13.2 Å². The van der Waals surface area contributed by atoms with Gasteiger partial charge in [0.2, 0.25) is 15.9 Å². The Bertz CT molecular complexity index is 723. The number of hydrogen-bond donors (Lipinski definition) is 1.